The predicted octanol–water partition coefficient (Wildman–Crippen LogP) is 6.83. The number of aryl methyl sites for hydroxylation is 3. The van der Waals surface area contributed by atoms with E-state index in [9.17, 15) is 18.0 Å². The van der Waals surface area contributed by atoms with Gasteiger partial charge in [0.15, 0.2) is 5.78 Å². The first kappa shape index (κ1) is 20.2. The molecule has 0 bridgehead atoms. The Labute approximate surface area is 156 Å². The summed E-state index contributed by atoms with van der Waals surface area (Å²) < 4.78 is 40.8. The van der Waals surface area contributed by atoms with Gasteiger partial charge < -0.3 is 0 Å². The summed E-state index contributed by atoms with van der Waals surface area (Å²) in [4.78, 5) is 11.5. The smallest absolute Gasteiger partial charge is 0.295 e. The molecular formula is C21H20ClF3O. The number of hydrogen-bond acceptors (Lipinski definition) is 1. The normalized spacial score (nSPS) is 13.2. The molecule has 0 aliphatic carbocycles. The largest absolute Gasteiger partial charge is 0.399 e. The lowest BCUT2D eigenvalue weighted by Crippen LogP contribution is -2.19. The van der Waals surface area contributed by atoms with Crippen LogP contribution in [-0.2, 0) is 0 Å². The average Bonchev–Trinajstić information content (AvgIpc) is 2.51. The van der Waals surface area contributed by atoms with Crippen LogP contribution in [0.4, 0.5) is 13.2 Å². The summed E-state index contributed by atoms with van der Waals surface area (Å²) in [5, 5.41) is 0.481. The van der Waals surface area contributed by atoms with E-state index in [1.54, 1.807) is 39.0 Å². The van der Waals surface area contributed by atoms with Gasteiger partial charge in [-0.1, -0.05) is 54.1 Å². The van der Waals surface area contributed by atoms with Gasteiger partial charge in [-0.2, -0.15) is 13.2 Å². The number of halogens is 4. The van der Waals surface area contributed by atoms with Crippen LogP contribution in [0.25, 0.3) is 6.08 Å². The third kappa shape index (κ3) is 4.55. The number of alkyl halides is 3. The minimum atomic E-state index is -4.42. The Hall–Kier alpha value is -2.07. The zero-order valence-electron chi connectivity index (χ0n) is 15.0. The van der Waals surface area contributed by atoms with Gasteiger partial charge in [0, 0.05) is 10.6 Å². The molecule has 1 unspecified atom stereocenters. The molecule has 0 fully saturated rings. The Bertz CT molecular complexity index is 843. The van der Waals surface area contributed by atoms with E-state index in [1.165, 1.54) is 25.1 Å². The number of carbonyl (C=O) groups excluding carboxylic acids is 1. The summed E-state index contributed by atoms with van der Waals surface area (Å²) in [6, 6.07) is 7.94. The Morgan fingerprint density at radius 3 is 2.08 bits per heavy atom. The van der Waals surface area contributed by atoms with Crippen molar-refractivity contribution < 1.29 is 18.0 Å². The first-order chi connectivity index (χ1) is 12.0. The van der Waals surface area contributed by atoms with Gasteiger partial charge in [-0.15, -0.1) is 0 Å². The second kappa shape index (κ2) is 7.67. The molecule has 0 heterocycles. The van der Waals surface area contributed by atoms with Gasteiger partial charge in [0.05, 0.1) is 5.92 Å². The predicted molar refractivity (Wildman–Crippen MR) is 99.9 cm³/mol. The standard InChI is InChI=1S/C21H20ClF3O/c1-12-9-16(5-7-18(12)15(4)26)6-8-19(21(23,24)25)17-10-13(2)20(22)14(3)11-17/h5-11,19H,1-4H3/b8-6+. The molecule has 1 nitrogen and oxygen atoms in total. The molecule has 2 aromatic carbocycles. The zero-order chi connectivity index (χ0) is 19.6. The molecular weight excluding hydrogens is 361 g/mol. The molecule has 26 heavy (non-hydrogen) atoms. The highest BCUT2D eigenvalue weighted by atomic mass is 35.5. The van der Waals surface area contributed by atoms with Crippen molar-refractivity contribution in [2.24, 2.45) is 0 Å². The van der Waals surface area contributed by atoms with Crippen LogP contribution in [0.1, 0.15) is 51.0 Å². The highest BCUT2D eigenvalue weighted by Gasteiger charge is 2.39. The monoisotopic (exact) mass is 380 g/mol. The molecule has 2 aromatic rings. The van der Waals surface area contributed by atoms with Crippen LogP contribution >= 0.6 is 11.6 Å². The van der Waals surface area contributed by atoms with Gasteiger partial charge in [-0.25, -0.2) is 0 Å². The van der Waals surface area contributed by atoms with E-state index in [4.69, 9.17) is 11.6 Å². The molecule has 0 N–H and O–H groups in total. The van der Waals surface area contributed by atoms with Crippen LogP contribution < -0.4 is 0 Å². The number of rotatable bonds is 4. The van der Waals surface area contributed by atoms with E-state index in [1.807, 2.05) is 0 Å². The second-order valence-corrected chi connectivity index (χ2v) is 6.86. The van der Waals surface area contributed by atoms with Crippen molar-refractivity contribution in [2.75, 3.05) is 0 Å². The Morgan fingerprint density at radius 2 is 1.62 bits per heavy atom. The fourth-order valence-electron chi connectivity index (χ4n) is 2.96. The minimum Gasteiger partial charge on any atom is -0.295 e. The molecule has 0 saturated heterocycles. The van der Waals surface area contributed by atoms with Crippen molar-refractivity contribution in [3.63, 3.8) is 0 Å². The highest BCUT2D eigenvalue weighted by Crippen LogP contribution is 2.38. The molecule has 0 saturated carbocycles. The maximum atomic E-state index is 13.6. The molecule has 2 rings (SSSR count). The van der Waals surface area contributed by atoms with Gasteiger partial charge in [0.25, 0.3) is 0 Å². The van der Waals surface area contributed by atoms with Crippen LogP contribution in [-0.4, -0.2) is 12.0 Å². The SMILES string of the molecule is CC(=O)c1ccc(/C=C/C(c2cc(C)c(Cl)c(C)c2)C(F)(F)F)cc1C. The Kier molecular flexibility index (Phi) is 5.97. The third-order valence-electron chi connectivity index (χ3n) is 4.28. The summed E-state index contributed by atoms with van der Waals surface area (Å²) in [6.45, 7) is 6.61. The summed E-state index contributed by atoms with van der Waals surface area (Å²) in [7, 11) is 0. The number of allylic oxidation sites excluding steroid dienone is 1. The number of hydrogen-bond donors (Lipinski definition) is 0. The topological polar surface area (TPSA) is 17.1 Å². The first-order valence-corrected chi connectivity index (χ1v) is 8.51. The van der Waals surface area contributed by atoms with E-state index in [2.05, 4.69) is 0 Å². The van der Waals surface area contributed by atoms with Crippen LogP contribution in [0.3, 0.4) is 0 Å². The fraction of sp³-hybridized carbons (Fsp3) is 0.286. The number of carbonyl (C=O) groups is 1. The molecule has 5 heteroatoms. The highest BCUT2D eigenvalue weighted by molar-refractivity contribution is 6.32. The molecule has 0 aromatic heterocycles. The molecule has 0 amide bonds. The molecule has 138 valence electrons. The molecule has 1 atom stereocenters. The van der Waals surface area contributed by atoms with E-state index in [-0.39, 0.29) is 11.3 Å². The van der Waals surface area contributed by atoms with Gasteiger partial charge in [-0.05, 0) is 55.5 Å². The minimum absolute atomic E-state index is 0.0710. The van der Waals surface area contributed by atoms with Crippen molar-refractivity contribution >= 4 is 23.5 Å². The summed E-state index contributed by atoms with van der Waals surface area (Å²) in [6.07, 6.45) is -1.84. The Morgan fingerprint density at radius 1 is 1.04 bits per heavy atom. The number of benzene rings is 2. The van der Waals surface area contributed by atoms with Gasteiger partial charge >= 0.3 is 6.18 Å². The van der Waals surface area contributed by atoms with Crippen LogP contribution in [0.15, 0.2) is 36.4 Å². The quantitative estimate of drug-likeness (QED) is 0.531. The third-order valence-corrected chi connectivity index (χ3v) is 4.88. The van der Waals surface area contributed by atoms with Gasteiger partial charge in [-0.3, -0.25) is 4.79 Å². The van der Waals surface area contributed by atoms with Crippen molar-refractivity contribution in [2.45, 2.75) is 39.8 Å². The second-order valence-electron chi connectivity index (χ2n) is 6.48. The van der Waals surface area contributed by atoms with E-state index in [0.29, 0.717) is 27.3 Å². The van der Waals surface area contributed by atoms with Crippen LogP contribution in [0.2, 0.25) is 5.02 Å². The zero-order valence-corrected chi connectivity index (χ0v) is 15.8. The summed E-state index contributed by atoms with van der Waals surface area (Å²) in [5.74, 6) is -1.80. The lowest BCUT2D eigenvalue weighted by Gasteiger charge is -2.19. The average molecular weight is 381 g/mol. The van der Waals surface area contributed by atoms with Crippen molar-refractivity contribution in [1.82, 2.24) is 0 Å². The summed E-state index contributed by atoms with van der Waals surface area (Å²) in [5.41, 5.74) is 3.31. The maximum Gasteiger partial charge on any atom is 0.399 e. The molecule has 0 spiro atoms. The van der Waals surface area contributed by atoms with Crippen molar-refractivity contribution in [3.05, 3.63) is 74.8 Å². The van der Waals surface area contributed by atoms with Crippen LogP contribution in [0, 0.1) is 20.8 Å². The lowest BCUT2D eigenvalue weighted by molar-refractivity contribution is -0.139. The first-order valence-electron chi connectivity index (χ1n) is 8.14. The number of Topliss-reactive ketones (excluding diaryl/α,β-unsaturated/α-hetero) is 1. The maximum absolute atomic E-state index is 13.6. The van der Waals surface area contributed by atoms with Crippen molar-refractivity contribution in [1.29, 1.82) is 0 Å². The van der Waals surface area contributed by atoms with Crippen molar-refractivity contribution in [3.8, 4) is 0 Å². The van der Waals surface area contributed by atoms with E-state index < -0.39 is 12.1 Å². The van der Waals surface area contributed by atoms with Gasteiger partial charge in [0.1, 0.15) is 0 Å². The molecule has 0 aliphatic rings. The van der Waals surface area contributed by atoms with E-state index in [0.717, 1.165) is 11.6 Å². The van der Waals surface area contributed by atoms with E-state index >= 15 is 0 Å². The van der Waals surface area contributed by atoms with Gasteiger partial charge in [0.2, 0.25) is 0 Å². The van der Waals surface area contributed by atoms with Crippen LogP contribution in [0.5, 0.6) is 0 Å². The number of ketones is 1. The fourth-order valence-corrected chi connectivity index (χ4v) is 3.07. The molecule has 0 aliphatic heterocycles. The lowest BCUT2D eigenvalue weighted by atomic mass is 9.93. The summed E-state index contributed by atoms with van der Waals surface area (Å²) >= 11 is 6.07. The Balaban J connectivity index is 2.42. The molecule has 0 radical (unpaired) electrons.